The van der Waals surface area contributed by atoms with Crippen LogP contribution < -0.4 is 5.32 Å². The number of benzene rings is 1. The quantitative estimate of drug-likeness (QED) is 0.855. The van der Waals surface area contributed by atoms with E-state index in [4.69, 9.17) is 0 Å². The van der Waals surface area contributed by atoms with Gasteiger partial charge in [-0.05, 0) is 30.4 Å². The number of alkyl halides is 3. The largest absolute Gasteiger partial charge is 0.404 e. The molecule has 1 saturated carbocycles. The van der Waals surface area contributed by atoms with Crippen LogP contribution in [0, 0.1) is 5.92 Å². The third-order valence-electron chi connectivity index (χ3n) is 3.27. The fourth-order valence-corrected chi connectivity index (χ4v) is 2.40. The van der Waals surface area contributed by atoms with E-state index in [2.05, 4.69) is 5.32 Å². The van der Waals surface area contributed by atoms with Crippen LogP contribution in [0.2, 0.25) is 0 Å². The molecule has 1 nitrogen and oxygen atoms in total. The van der Waals surface area contributed by atoms with E-state index in [9.17, 15) is 13.2 Å². The van der Waals surface area contributed by atoms with Crippen LogP contribution in [-0.4, -0.2) is 18.8 Å². The first-order valence-electron chi connectivity index (χ1n) is 5.89. The summed E-state index contributed by atoms with van der Waals surface area (Å²) in [5.74, 6) is -0.251. The molecule has 0 heterocycles. The Kier molecular flexibility index (Phi) is 3.43. The van der Waals surface area contributed by atoms with Crippen LogP contribution in [0.15, 0.2) is 30.3 Å². The van der Waals surface area contributed by atoms with Crippen molar-refractivity contribution in [2.45, 2.75) is 31.5 Å². The highest BCUT2D eigenvalue weighted by Gasteiger charge is 2.54. The summed E-state index contributed by atoms with van der Waals surface area (Å²) in [6.45, 7) is 2.06. The maximum atomic E-state index is 12.8. The lowest BCUT2D eigenvalue weighted by Gasteiger charge is -2.21. The Bertz CT molecular complexity index is 361. The summed E-state index contributed by atoms with van der Waals surface area (Å²) in [5.41, 5.74) is 1.02. The molecule has 1 N–H and O–H groups in total. The predicted octanol–water partition coefficient (Wildman–Crippen LogP) is 3.33. The Morgan fingerprint density at radius 2 is 1.94 bits per heavy atom. The van der Waals surface area contributed by atoms with E-state index in [0.717, 1.165) is 5.56 Å². The van der Waals surface area contributed by atoms with Crippen LogP contribution in [-0.2, 0) is 0 Å². The SMILES string of the molecule is CCNC(C1CC1c1ccccc1)C(F)(F)F. The average Bonchev–Trinajstić information content (AvgIpc) is 3.05. The van der Waals surface area contributed by atoms with E-state index < -0.39 is 12.2 Å². The third-order valence-corrected chi connectivity index (χ3v) is 3.27. The van der Waals surface area contributed by atoms with Gasteiger partial charge in [0.2, 0.25) is 0 Å². The van der Waals surface area contributed by atoms with Crippen molar-refractivity contribution < 1.29 is 13.2 Å². The number of hydrogen-bond donors (Lipinski definition) is 1. The highest BCUT2D eigenvalue weighted by Crippen LogP contribution is 2.52. The fourth-order valence-electron chi connectivity index (χ4n) is 2.40. The Morgan fingerprint density at radius 3 is 2.47 bits per heavy atom. The summed E-state index contributed by atoms with van der Waals surface area (Å²) >= 11 is 0. The minimum Gasteiger partial charge on any atom is -0.306 e. The molecule has 0 saturated heterocycles. The zero-order chi connectivity index (χ0) is 12.5. The molecule has 94 valence electrons. The van der Waals surface area contributed by atoms with Gasteiger partial charge in [0.25, 0.3) is 0 Å². The molecule has 1 aliphatic rings. The molecule has 1 aliphatic carbocycles. The van der Waals surface area contributed by atoms with E-state index in [1.807, 2.05) is 30.3 Å². The fraction of sp³-hybridized carbons (Fsp3) is 0.538. The van der Waals surface area contributed by atoms with Crippen molar-refractivity contribution in [3.8, 4) is 0 Å². The van der Waals surface area contributed by atoms with Crippen molar-refractivity contribution in [1.82, 2.24) is 5.32 Å². The van der Waals surface area contributed by atoms with Gasteiger partial charge in [0.1, 0.15) is 6.04 Å². The summed E-state index contributed by atoms with van der Waals surface area (Å²) in [4.78, 5) is 0. The summed E-state index contributed by atoms with van der Waals surface area (Å²) in [7, 11) is 0. The van der Waals surface area contributed by atoms with Gasteiger partial charge in [-0.3, -0.25) is 0 Å². The Balaban J connectivity index is 2.05. The lowest BCUT2D eigenvalue weighted by molar-refractivity contribution is -0.160. The van der Waals surface area contributed by atoms with Crippen LogP contribution in [0.5, 0.6) is 0 Å². The van der Waals surface area contributed by atoms with Crippen molar-refractivity contribution in [2.24, 2.45) is 5.92 Å². The standard InChI is InChI=1S/C13H16F3N/c1-2-17-12(13(14,15)16)11-8-10(11)9-6-4-3-5-7-9/h3-7,10-12,17H,2,8H2,1H3. The first-order valence-corrected chi connectivity index (χ1v) is 5.89. The highest BCUT2D eigenvalue weighted by molar-refractivity contribution is 5.27. The van der Waals surface area contributed by atoms with Crippen LogP contribution in [0.1, 0.15) is 24.8 Å². The maximum Gasteiger partial charge on any atom is 0.404 e. The van der Waals surface area contributed by atoms with E-state index >= 15 is 0 Å². The second-order valence-corrected chi connectivity index (χ2v) is 4.49. The number of rotatable bonds is 4. The molecule has 1 fully saturated rings. The van der Waals surface area contributed by atoms with Crippen LogP contribution >= 0.6 is 0 Å². The summed E-state index contributed by atoms with van der Waals surface area (Å²) in [5, 5.41) is 2.56. The van der Waals surface area contributed by atoms with Gasteiger partial charge in [-0.25, -0.2) is 0 Å². The average molecular weight is 243 g/mol. The summed E-state index contributed by atoms with van der Waals surface area (Å²) in [6.07, 6.45) is -3.52. The molecule has 0 amide bonds. The molecule has 0 aromatic heterocycles. The van der Waals surface area contributed by atoms with Gasteiger partial charge in [-0.15, -0.1) is 0 Å². The molecule has 0 aliphatic heterocycles. The van der Waals surface area contributed by atoms with Crippen molar-refractivity contribution >= 4 is 0 Å². The van der Waals surface area contributed by atoms with Gasteiger partial charge in [0.05, 0.1) is 0 Å². The molecule has 4 heteroatoms. The minimum absolute atomic E-state index is 0.0573. The molecular formula is C13H16F3N. The first-order chi connectivity index (χ1) is 8.04. The molecule has 17 heavy (non-hydrogen) atoms. The Labute approximate surface area is 99.0 Å². The summed E-state index contributed by atoms with van der Waals surface area (Å²) in [6, 6.07) is 8.08. The zero-order valence-electron chi connectivity index (χ0n) is 9.67. The van der Waals surface area contributed by atoms with Crippen molar-refractivity contribution in [2.75, 3.05) is 6.54 Å². The van der Waals surface area contributed by atoms with Crippen LogP contribution in [0.25, 0.3) is 0 Å². The lowest BCUT2D eigenvalue weighted by atomic mass is 10.1. The van der Waals surface area contributed by atoms with E-state index in [1.54, 1.807) is 6.92 Å². The highest BCUT2D eigenvalue weighted by atomic mass is 19.4. The van der Waals surface area contributed by atoms with Crippen molar-refractivity contribution in [3.63, 3.8) is 0 Å². The van der Waals surface area contributed by atoms with Crippen LogP contribution in [0.4, 0.5) is 13.2 Å². The van der Waals surface area contributed by atoms with Gasteiger partial charge < -0.3 is 5.32 Å². The smallest absolute Gasteiger partial charge is 0.306 e. The van der Waals surface area contributed by atoms with Crippen molar-refractivity contribution in [3.05, 3.63) is 35.9 Å². The van der Waals surface area contributed by atoms with Gasteiger partial charge in [-0.2, -0.15) is 13.2 Å². The number of hydrogen-bond acceptors (Lipinski definition) is 1. The molecular weight excluding hydrogens is 227 g/mol. The molecule has 2 rings (SSSR count). The normalized spacial score (nSPS) is 25.6. The molecule has 1 aromatic carbocycles. The van der Waals surface area contributed by atoms with Crippen molar-refractivity contribution in [1.29, 1.82) is 0 Å². The predicted molar refractivity (Wildman–Crippen MR) is 60.8 cm³/mol. The molecule has 3 unspecified atom stereocenters. The van der Waals surface area contributed by atoms with E-state index in [0.29, 0.717) is 13.0 Å². The van der Waals surface area contributed by atoms with E-state index in [-0.39, 0.29) is 11.8 Å². The topological polar surface area (TPSA) is 12.0 Å². The van der Waals surface area contributed by atoms with Gasteiger partial charge in [0.15, 0.2) is 0 Å². The Hall–Kier alpha value is -1.03. The molecule has 3 atom stereocenters. The molecule has 1 aromatic rings. The van der Waals surface area contributed by atoms with E-state index in [1.165, 1.54) is 0 Å². The molecule has 0 radical (unpaired) electrons. The Morgan fingerprint density at radius 1 is 1.29 bits per heavy atom. The van der Waals surface area contributed by atoms with Gasteiger partial charge in [0, 0.05) is 0 Å². The first kappa shape index (κ1) is 12.4. The zero-order valence-corrected chi connectivity index (χ0v) is 9.67. The monoisotopic (exact) mass is 243 g/mol. The third kappa shape index (κ3) is 2.80. The van der Waals surface area contributed by atoms with Gasteiger partial charge >= 0.3 is 6.18 Å². The maximum absolute atomic E-state index is 12.8. The lowest BCUT2D eigenvalue weighted by Crippen LogP contribution is -2.44. The number of halogens is 3. The van der Waals surface area contributed by atoms with Crippen LogP contribution in [0.3, 0.4) is 0 Å². The number of nitrogens with one attached hydrogen (secondary N) is 1. The molecule has 0 spiro atoms. The van der Waals surface area contributed by atoms with Gasteiger partial charge in [-0.1, -0.05) is 37.3 Å². The summed E-state index contributed by atoms with van der Waals surface area (Å²) < 4.78 is 38.5. The second-order valence-electron chi connectivity index (χ2n) is 4.49. The minimum atomic E-state index is -4.15. The second kappa shape index (κ2) is 4.69. The molecule has 0 bridgehead atoms.